The largest absolute Gasteiger partial charge is 0.399 e. The second-order valence-corrected chi connectivity index (χ2v) is 9.60. The van der Waals surface area contributed by atoms with Gasteiger partial charge in [-0.05, 0) is 5.56 Å². The van der Waals surface area contributed by atoms with Crippen molar-refractivity contribution in [1.82, 2.24) is 19.9 Å². The normalized spacial score (nSPS) is 13.0. The van der Waals surface area contributed by atoms with Crippen LogP contribution in [0.15, 0.2) is 89.2 Å². The van der Waals surface area contributed by atoms with Gasteiger partial charge in [0, 0.05) is 22.3 Å². The molecule has 2 heterocycles. The van der Waals surface area contributed by atoms with Gasteiger partial charge in [0.05, 0.1) is 0 Å². The molecule has 12 nitrogen and oxygen atoms in total. The third-order valence-corrected chi connectivity index (χ3v) is 6.95. The smallest absolute Gasteiger partial charge is 0.177 e. The maximum absolute atomic E-state index is 9.23. The molecule has 0 N–H and O–H groups in total. The third-order valence-electron chi connectivity index (χ3n) is 6.95. The molecule has 0 saturated carbocycles. The fourth-order valence-electron chi connectivity index (χ4n) is 4.96. The van der Waals surface area contributed by atoms with Crippen LogP contribution in [0.5, 0.6) is 0 Å². The fourth-order valence-corrected chi connectivity index (χ4v) is 4.96. The van der Waals surface area contributed by atoms with Crippen LogP contribution in [0.2, 0.25) is 0 Å². The van der Waals surface area contributed by atoms with Gasteiger partial charge in [0.25, 0.3) is 0 Å². The van der Waals surface area contributed by atoms with Gasteiger partial charge in [-0.2, -0.15) is 21.0 Å². The predicted molar refractivity (Wildman–Crippen MR) is 163 cm³/mol. The third kappa shape index (κ3) is 5.11. The molecule has 7 rings (SSSR count). The van der Waals surface area contributed by atoms with E-state index in [1.54, 1.807) is 0 Å². The molecule has 0 spiro atoms. The van der Waals surface area contributed by atoms with E-state index in [-0.39, 0.29) is 22.8 Å². The van der Waals surface area contributed by atoms with Gasteiger partial charge in [0.15, 0.2) is 22.8 Å². The molecule has 2 aliphatic rings. The first kappa shape index (κ1) is 28.8. The van der Waals surface area contributed by atoms with E-state index in [9.17, 15) is 10.5 Å². The van der Waals surface area contributed by atoms with Crippen molar-refractivity contribution in [3.8, 4) is 46.8 Å². The minimum atomic E-state index is -0.0187. The Kier molecular flexibility index (Phi) is 7.85. The molecule has 216 valence electrons. The molecule has 12 heteroatoms. The van der Waals surface area contributed by atoms with Gasteiger partial charge < -0.3 is 9.68 Å². The van der Waals surface area contributed by atoms with Crippen molar-refractivity contribution in [2.75, 3.05) is 7.11 Å². The number of fused-ring (bicyclic) bond motifs is 6. The van der Waals surface area contributed by atoms with Crippen LogP contribution in [0.1, 0.15) is 50.9 Å². The van der Waals surface area contributed by atoms with E-state index in [0.717, 1.165) is 27.8 Å². The summed E-state index contributed by atoms with van der Waals surface area (Å²) in [4.78, 5) is 27.4. The lowest BCUT2D eigenvalue weighted by Crippen LogP contribution is -2.06. The molecule has 2 aromatic heterocycles. The Balaban J connectivity index is 0.000000167. The average molecular weight is 599 g/mol. The van der Waals surface area contributed by atoms with E-state index in [2.05, 4.69) is 30.2 Å². The zero-order chi connectivity index (χ0) is 32.0. The van der Waals surface area contributed by atoms with Crippen molar-refractivity contribution in [3.05, 3.63) is 130 Å². The molecule has 0 atom stereocenters. The lowest BCUT2D eigenvalue weighted by atomic mass is 10.1. The molecule has 3 aromatic carbocycles. The Labute approximate surface area is 262 Å². The number of aromatic nitrogens is 4. The summed E-state index contributed by atoms with van der Waals surface area (Å²) in [6, 6.07) is 32.3. The summed E-state index contributed by atoms with van der Waals surface area (Å²) in [5.74, 6) is 0. The molecule has 0 unspecified atom stereocenters. The van der Waals surface area contributed by atoms with Gasteiger partial charge in [-0.3, -0.25) is 0 Å². The SMILES string of the molecule is CO/N=C1\c2ccccc2-c2nc(C#N)c(C#N)nc21.N#Cc1nc2c(nc1C#N)-c1ccccc1/C2=N\OCc1ccccc1. The number of oxime groups is 2. The summed E-state index contributed by atoms with van der Waals surface area (Å²) in [7, 11) is 1.44. The van der Waals surface area contributed by atoms with Gasteiger partial charge in [-0.25, -0.2) is 19.9 Å². The highest BCUT2D eigenvalue weighted by molar-refractivity contribution is 6.23. The van der Waals surface area contributed by atoms with Gasteiger partial charge in [-0.15, -0.1) is 0 Å². The lowest BCUT2D eigenvalue weighted by molar-refractivity contribution is 0.131. The molecular formula is C34H18N10O2. The summed E-state index contributed by atoms with van der Waals surface area (Å²) in [6.45, 7) is 0.316. The second-order valence-electron chi connectivity index (χ2n) is 9.60. The molecule has 0 aliphatic heterocycles. The van der Waals surface area contributed by atoms with Crippen molar-refractivity contribution in [2.45, 2.75) is 6.61 Å². The molecule has 0 amide bonds. The van der Waals surface area contributed by atoms with E-state index in [0.29, 0.717) is 40.8 Å². The van der Waals surface area contributed by atoms with Crippen LogP contribution >= 0.6 is 0 Å². The Morgan fingerprint density at radius 3 is 1.35 bits per heavy atom. The summed E-state index contributed by atoms with van der Waals surface area (Å²) >= 11 is 0. The Hall–Kier alpha value is -7.28. The van der Waals surface area contributed by atoms with Crippen molar-refractivity contribution in [1.29, 1.82) is 21.0 Å². The second kappa shape index (κ2) is 12.5. The lowest BCUT2D eigenvalue weighted by Gasteiger charge is -2.03. The standard InChI is InChI=1S/C20H11N5O.C14H7N5O/c21-10-16-17(11-22)24-20-18(23-16)14-8-4-5-9-15(14)19(20)25-26-12-13-6-2-1-3-7-13;1-20-19-13-9-5-3-2-4-8(9)12-14(13)18-11(7-16)10(6-15)17-12/h1-9H,12H2;2-5H,1H3/b25-19+;19-13+. The number of hydrogen-bond acceptors (Lipinski definition) is 12. The Morgan fingerprint density at radius 2 is 0.913 bits per heavy atom. The van der Waals surface area contributed by atoms with Crippen molar-refractivity contribution >= 4 is 11.4 Å². The summed E-state index contributed by atoms with van der Waals surface area (Å²) in [5.41, 5.74) is 7.30. The highest BCUT2D eigenvalue weighted by atomic mass is 16.6. The highest BCUT2D eigenvalue weighted by Gasteiger charge is 2.31. The van der Waals surface area contributed by atoms with Crippen LogP contribution in [-0.2, 0) is 16.3 Å². The number of benzene rings is 3. The maximum atomic E-state index is 9.23. The van der Waals surface area contributed by atoms with E-state index in [1.807, 2.05) is 103 Å². The quantitative estimate of drug-likeness (QED) is 0.255. The van der Waals surface area contributed by atoms with E-state index < -0.39 is 0 Å². The molecule has 2 aliphatic carbocycles. The zero-order valence-corrected chi connectivity index (χ0v) is 24.0. The van der Waals surface area contributed by atoms with Crippen LogP contribution in [-0.4, -0.2) is 38.5 Å². The van der Waals surface area contributed by atoms with Crippen LogP contribution in [0.3, 0.4) is 0 Å². The molecular weight excluding hydrogens is 580 g/mol. The van der Waals surface area contributed by atoms with Gasteiger partial charge in [-0.1, -0.05) is 89.2 Å². The van der Waals surface area contributed by atoms with Gasteiger partial charge in [0.1, 0.15) is 72.2 Å². The Bertz CT molecular complexity index is 2250. The summed E-state index contributed by atoms with van der Waals surface area (Å²) in [5, 5.41) is 44.7. The Morgan fingerprint density at radius 1 is 0.522 bits per heavy atom. The van der Waals surface area contributed by atoms with Crippen LogP contribution in [0, 0.1) is 45.3 Å². The van der Waals surface area contributed by atoms with Gasteiger partial charge in [0.2, 0.25) is 0 Å². The summed E-state index contributed by atoms with van der Waals surface area (Å²) in [6.07, 6.45) is 0. The van der Waals surface area contributed by atoms with Crippen LogP contribution in [0.25, 0.3) is 22.5 Å². The number of nitrogens with zero attached hydrogens (tertiary/aromatic N) is 10. The molecule has 0 radical (unpaired) electrons. The first-order valence-corrected chi connectivity index (χ1v) is 13.6. The fraction of sp³-hybridized carbons (Fsp3) is 0.0588. The zero-order valence-electron chi connectivity index (χ0n) is 24.0. The van der Waals surface area contributed by atoms with Crippen LogP contribution < -0.4 is 0 Å². The topological polar surface area (TPSA) is 190 Å². The maximum Gasteiger partial charge on any atom is 0.177 e. The first-order valence-electron chi connectivity index (χ1n) is 13.6. The predicted octanol–water partition coefficient (Wildman–Crippen LogP) is 4.77. The number of rotatable bonds is 4. The monoisotopic (exact) mass is 598 g/mol. The van der Waals surface area contributed by atoms with Crippen molar-refractivity contribution in [2.24, 2.45) is 10.3 Å². The molecule has 46 heavy (non-hydrogen) atoms. The van der Waals surface area contributed by atoms with Gasteiger partial charge >= 0.3 is 0 Å². The first-order chi connectivity index (χ1) is 22.6. The molecule has 0 saturated heterocycles. The highest BCUT2D eigenvalue weighted by Crippen LogP contribution is 2.36. The number of nitriles is 4. The van der Waals surface area contributed by atoms with Crippen molar-refractivity contribution in [3.63, 3.8) is 0 Å². The number of hydrogen-bond donors (Lipinski definition) is 0. The van der Waals surface area contributed by atoms with E-state index >= 15 is 0 Å². The van der Waals surface area contributed by atoms with Crippen LogP contribution in [0.4, 0.5) is 0 Å². The minimum Gasteiger partial charge on any atom is -0.399 e. The molecule has 5 aromatic rings. The van der Waals surface area contributed by atoms with Crippen molar-refractivity contribution < 1.29 is 9.68 Å². The average Bonchev–Trinajstić information content (AvgIpc) is 3.59. The van der Waals surface area contributed by atoms with E-state index in [4.69, 9.17) is 20.2 Å². The minimum absolute atomic E-state index is 0.00695. The van der Waals surface area contributed by atoms with E-state index in [1.165, 1.54) is 7.11 Å². The molecule has 0 fully saturated rings. The molecule has 0 bridgehead atoms. The summed E-state index contributed by atoms with van der Waals surface area (Å²) < 4.78 is 0.